The summed E-state index contributed by atoms with van der Waals surface area (Å²) in [7, 11) is 3.96. The van der Waals surface area contributed by atoms with Crippen LogP contribution in [0.4, 0.5) is 29.5 Å². The van der Waals surface area contributed by atoms with Gasteiger partial charge in [0.2, 0.25) is 5.95 Å². The van der Waals surface area contributed by atoms with E-state index < -0.39 is 12.1 Å². The minimum atomic E-state index is -5.08. The van der Waals surface area contributed by atoms with Crippen LogP contribution in [0.2, 0.25) is 0 Å². The number of carbonyl (C=O) groups is 1. The molecule has 32 heavy (non-hydrogen) atoms. The number of anilines is 2. The summed E-state index contributed by atoms with van der Waals surface area (Å²) < 4.78 is 52.8. The van der Waals surface area contributed by atoms with E-state index in [2.05, 4.69) is 39.4 Å². The van der Waals surface area contributed by atoms with Gasteiger partial charge >= 0.3 is 18.2 Å². The summed E-state index contributed by atoms with van der Waals surface area (Å²) in [5.74, 6) is -2.51. The molecule has 168 valence electrons. The first kappa shape index (κ1) is 21.6. The normalized spacial score (nSPS) is 13.8. The van der Waals surface area contributed by atoms with Crippen LogP contribution in [-0.4, -0.2) is 43.7 Å². The fraction of sp³-hybridized carbons (Fsp3) is 0.250. The molecular weight excluding hydrogens is 434 g/mol. The monoisotopic (exact) mass is 451 g/mol. The number of alkyl halides is 3. The van der Waals surface area contributed by atoms with E-state index in [9.17, 15) is 17.6 Å². The van der Waals surface area contributed by atoms with Crippen LogP contribution >= 0.6 is 0 Å². The first-order chi connectivity index (χ1) is 15.0. The number of aromatic nitrogens is 3. The van der Waals surface area contributed by atoms with Crippen molar-refractivity contribution in [3.05, 3.63) is 47.3 Å². The molecule has 0 unspecified atom stereocenters. The molecule has 0 saturated carbocycles. The lowest BCUT2D eigenvalue weighted by atomic mass is 10.1. The van der Waals surface area contributed by atoms with Gasteiger partial charge in [-0.25, -0.2) is 14.2 Å². The summed E-state index contributed by atoms with van der Waals surface area (Å²) in [5.41, 5.74) is 5.55. The maximum atomic E-state index is 13.4. The number of nitrogens with one attached hydrogen (secondary N) is 1. The van der Waals surface area contributed by atoms with E-state index in [-0.39, 0.29) is 5.82 Å². The number of carboxylic acid groups (broad SMARTS) is 1. The Labute approximate surface area is 178 Å². The summed E-state index contributed by atoms with van der Waals surface area (Å²) in [5, 5.41) is 10.2. The van der Waals surface area contributed by atoms with E-state index in [0.29, 0.717) is 17.5 Å². The zero-order valence-corrected chi connectivity index (χ0v) is 16.9. The lowest BCUT2D eigenvalue weighted by Gasteiger charge is -2.02. The summed E-state index contributed by atoms with van der Waals surface area (Å²) >= 11 is 0. The number of hydrogen-bond acceptors (Lipinski definition) is 6. The molecule has 0 aliphatic carbocycles. The van der Waals surface area contributed by atoms with Gasteiger partial charge in [-0.3, -0.25) is 10.2 Å². The van der Waals surface area contributed by atoms with Crippen molar-refractivity contribution in [2.45, 2.75) is 19.3 Å². The topological polar surface area (TPSA) is 96.4 Å². The lowest BCUT2D eigenvalue weighted by Crippen LogP contribution is -2.21. The van der Waals surface area contributed by atoms with Crippen molar-refractivity contribution < 1.29 is 31.9 Å². The first-order valence-corrected chi connectivity index (χ1v) is 9.31. The average Bonchev–Trinajstić information content (AvgIpc) is 3.33. The number of rotatable bonds is 2. The Hall–Kier alpha value is -3.67. The number of aryl methyl sites for hydroxylation is 1. The van der Waals surface area contributed by atoms with Gasteiger partial charge in [-0.05, 0) is 42.4 Å². The third-order valence-electron chi connectivity index (χ3n) is 4.89. The molecule has 1 aliphatic heterocycles. The van der Waals surface area contributed by atoms with Gasteiger partial charge in [-0.1, -0.05) is 0 Å². The van der Waals surface area contributed by atoms with E-state index in [1.807, 2.05) is 11.6 Å². The summed E-state index contributed by atoms with van der Waals surface area (Å²) in [4.78, 5) is 20.1. The van der Waals surface area contributed by atoms with Crippen molar-refractivity contribution in [1.29, 1.82) is 0 Å². The fourth-order valence-electron chi connectivity index (χ4n) is 3.42. The number of oxazole rings is 1. The van der Waals surface area contributed by atoms with Gasteiger partial charge in [0, 0.05) is 26.2 Å². The molecular formula is C20H17F4N5O3. The number of hydrogen-bond donors (Lipinski definition) is 2. The molecule has 0 atom stereocenters. The standard InChI is InChI=1S/C18H16FN5O.C2HF3O2/c1-23-8-10-5-14-16(6-11(10)9-23)25-18(21-14)22-17-20-13-7-12(19)3-4-15(13)24(17)2;3-2(4,5)1(6)7/h3-7H,8-9H2,1-2H3,(H,20,21,22);(H,6,7). The van der Waals surface area contributed by atoms with E-state index in [0.717, 1.165) is 29.7 Å². The van der Waals surface area contributed by atoms with Crippen LogP contribution in [0.1, 0.15) is 11.1 Å². The molecule has 0 fully saturated rings. The lowest BCUT2D eigenvalue weighted by molar-refractivity contribution is -0.192. The molecule has 5 rings (SSSR count). The summed E-state index contributed by atoms with van der Waals surface area (Å²) in [6.45, 7) is 1.85. The third-order valence-corrected chi connectivity index (χ3v) is 4.89. The number of halogens is 4. The molecule has 12 heteroatoms. The second-order valence-corrected chi connectivity index (χ2v) is 7.34. The zero-order chi connectivity index (χ0) is 23.2. The number of benzene rings is 2. The molecule has 0 radical (unpaired) electrons. The minimum Gasteiger partial charge on any atom is -0.475 e. The number of imidazole rings is 1. The molecule has 0 saturated heterocycles. The maximum absolute atomic E-state index is 13.4. The molecule has 0 amide bonds. The van der Waals surface area contributed by atoms with Crippen LogP contribution in [0, 0.1) is 5.82 Å². The van der Waals surface area contributed by atoms with Gasteiger partial charge in [0.25, 0.3) is 0 Å². The highest BCUT2D eigenvalue weighted by molar-refractivity contribution is 5.80. The Morgan fingerprint density at radius 2 is 1.75 bits per heavy atom. The van der Waals surface area contributed by atoms with Gasteiger partial charge < -0.3 is 14.1 Å². The van der Waals surface area contributed by atoms with E-state index in [1.54, 1.807) is 6.07 Å². The van der Waals surface area contributed by atoms with Crippen LogP contribution in [0.25, 0.3) is 22.1 Å². The molecule has 0 bridgehead atoms. The van der Waals surface area contributed by atoms with Gasteiger partial charge in [-0.15, -0.1) is 0 Å². The molecule has 8 nitrogen and oxygen atoms in total. The zero-order valence-electron chi connectivity index (χ0n) is 16.9. The second kappa shape index (κ2) is 7.79. The van der Waals surface area contributed by atoms with Crippen molar-refractivity contribution in [2.24, 2.45) is 7.05 Å². The molecule has 1 aliphatic rings. The van der Waals surface area contributed by atoms with E-state index in [1.165, 1.54) is 23.3 Å². The highest BCUT2D eigenvalue weighted by Crippen LogP contribution is 2.30. The van der Waals surface area contributed by atoms with Crippen LogP contribution in [0.3, 0.4) is 0 Å². The van der Waals surface area contributed by atoms with Crippen LogP contribution in [0.5, 0.6) is 0 Å². The minimum absolute atomic E-state index is 0.307. The molecule has 2 N–H and O–H groups in total. The Kier molecular flexibility index (Phi) is 5.25. The van der Waals surface area contributed by atoms with Gasteiger partial charge in [0.15, 0.2) is 5.58 Å². The van der Waals surface area contributed by atoms with Crippen LogP contribution < -0.4 is 5.32 Å². The fourth-order valence-corrected chi connectivity index (χ4v) is 3.42. The van der Waals surface area contributed by atoms with Crippen molar-refractivity contribution in [3.8, 4) is 0 Å². The molecule has 3 heterocycles. The van der Waals surface area contributed by atoms with Crippen LogP contribution in [-0.2, 0) is 24.9 Å². The van der Waals surface area contributed by atoms with Crippen molar-refractivity contribution in [1.82, 2.24) is 19.4 Å². The van der Waals surface area contributed by atoms with Crippen LogP contribution in [0.15, 0.2) is 34.7 Å². The SMILES string of the molecule is CN1Cc2cc3nc(Nc4nc5cc(F)ccc5n4C)oc3cc2C1.O=C(O)C(F)(F)F. The Bertz CT molecular complexity index is 1290. The smallest absolute Gasteiger partial charge is 0.475 e. The Balaban J connectivity index is 0.000000307. The number of nitrogens with zero attached hydrogens (tertiary/aromatic N) is 4. The molecule has 4 aromatic rings. The predicted octanol–water partition coefficient (Wildman–Crippen LogP) is 4.18. The van der Waals surface area contributed by atoms with Gasteiger partial charge in [-0.2, -0.15) is 18.2 Å². The van der Waals surface area contributed by atoms with Gasteiger partial charge in [0.05, 0.1) is 11.0 Å². The summed E-state index contributed by atoms with van der Waals surface area (Å²) in [6, 6.07) is 9.05. The Morgan fingerprint density at radius 1 is 1.09 bits per heavy atom. The quantitative estimate of drug-likeness (QED) is 0.442. The largest absolute Gasteiger partial charge is 0.490 e. The number of aliphatic carboxylic acids is 1. The van der Waals surface area contributed by atoms with Crippen molar-refractivity contribution >= 4 is 40.1 Å². The first-order valence-electron chi connectivity index (χ1n) is 9.31. The highest BCUT2D eigenvalue weighted by Gasteiger charge is 2.38. The molecule has 2 aromatic carbocycles. The Morgan fingerprint density at radius 3 is 2.41 bits per heavy atom. The average molecular weight is 451 g/mol. The summed E-state index contributed by atoms with van der Waals surface area (Å²) in [6.07, 6.45) is -5.08. The van der Waals surface area contributed by atoms with E-state index in [4.69, 9.17) is 14.3 Å². The number of fused-ring (bicyclic) bond motifs is 3. The van der Waals surface area contributed by atoms with Gasteiger partial charge in [0.1, 0.15) is 11.3 Å². The predicted molar refractivity (Wildman–Crippen MR) is 107 cm³/mol. The maximum Gasteiger partial charge on any atom is 0.490 e. The molecule has 0 spiro atoms. The highest BCUT2D eigenvalue weighted by atomic mass is 19.4. The van der Waals surface area contributed by atoms with E-state index >= 15 is 0 Å². The third kappa shape index (κ3) is 4.21. The van der Waals surface area contributed by atoms with Crippen molar-refractivity contribution in [2.75, 3.05) is 12.4 Å². The van der Waals surface area contributed by atoms with Crippen molar-refractivity contribution in [3.63, 3.8) is 0 Å². The second-order valence-electron chi connectivity index (χ2n) is 7.34. The number of carboxylic acids is 1. The molecule has 2 aromatic heterocycles.